The normalized spacial score (nSPS) is 21.5. The highest BCUT2D eigenvalue weighted by Crippen LogP contribution is 2.47. The van der Waals surface area contributed by atoms with E-state index >= 15 is 0 Å². The van der Waals surface area contributed by atoms with Crippen LogP contribution in [0, 0.1) is 11.3 Å². The minimum Gasteiger partial charge on any atom is -0.481 e. The molecule has 1 N–H and O–H groups in total. The summed E-state index contributed by atoms with van der Waals surface area (Å²) >= 11 is 0. The quantitative estimate of drug-likeness (QED) is 0.870. The van der Waals surface area contributed by atoms with Gasteiger partial charge < -0.3 is 10.0 Å². The first-order valence-corrected chi connectivity index (χ1v) is 9.09. The van der Waals surface area contributed by atoms with Crippen molar-refractivity contribution in [2.75, 3.05) is 18.0 Å². The number of hydrogen-bond donors (Lipinski definition) is 1. The van der Waals surface area contributed by atoms with Crippen molar-refractivity contribution in [3.05, 3.63) is 23.9 Å². The Morgan fingerprint density at radius 1 is 1.32 bits per heavy atom. The molecular weight excluding hydrogens is 326 g/mol. The fourth-order valence-corrected chi connectivity index (χ4v) is 4.32. The van der Waals surface area contributed by atoms with Gasteiger partial charge in [-0.3, -0.25) is 4.79 Å². The lowest BCUT2D eigenvalue weighted by molar-refractivity contribution is -0.138. The zero-order valence-corrected chi connectivity index (χ0v) is 14.7. The van der Waals surface area contributed by atoms with Gasteiger partial charge in [0.2, 0.25) is 0 Å². The number of carboxylic acids is 1. The molecule has 0 radical (unpaired) electrons. The molecule has 0 bridgehead atoms. The van der Waals surface area contributed by atoms with Gasteiger partial charge in [-0.05, 0) is 62.0 Å². The van der Waals surface area contributed by atoms with Crippen LogP contribution in [-0.2, 0) is 10.7 Å². The Kier molecular flexibility index (Phi) is 4.98. The molecule has 2 heterocycles. The largest absolute Gasteiger partial charge is 0.481 e. The molecule has 1 saturated carbocycles. The molecule has 1 saturated heterocycles. The van der Waals surface area contributed by atoms with Gasteiger partial charge in [-0.15, -0.1) is 0 Å². The molecule has 4 nitrogen and oxygen atoms in total. The highest BCUT2D eigenvalue weighted by molar-refractivity contribution is 5.67. The number of piperidine rings is 1. The standard InChI is InChI=1S/C19H26F2N2O2/c1-18(20,21)15-4-9-22-16(13-15)23-10-7-19(8-11-23)5-2-14(3-6-19)12-17(24)25/h4,9,13-14H,2-3,5-8,10-12H2,1H3,(H,24,25). The maximum Gasteiger partial charge on any atom is 0.303 e. The van der Waals surface area contributed by atoms with Crippen LogP contribution in [0.15, 0.2) is 18.3 Å². The second-order valence-corrected chi connectivity index (χ2v) is 7.82. The number of alkyl halides is 2. The Balaban J connectivity index is 1.59. The average molecular weight is 352 g/mol. The monoisotopic (exact) mass is 352 g/mol. The fraction of sp³-hybridized carbons (Fsp3) is 0.684. The van der Waals surface area contributed by atoms with Crippen LogP contribution >= 0.6 is 0 Å². The minimum absolute atomic E-state index is 0.00645. The van der Waals surface area contributed by atoms with Crippen LogP contribution in [0.2, 0.25) is 0 Å². The first-order chi connectivity index (χ1) is 11.8. The van der Waals surface area contributed by atoms with Gasteiger partial charge in [-0.2, -0.15) is 0 Å². The summed E-state index contributed by atoms with van der Waals surface area (Å²) in [7, 11) is 0. The second kappa shape index (κ2) is 6.89. The molecule has 2 fully saturated rings. The predicted molar refractivity (Wildman–Crippen MR) is 91.9 cm³/mol. The van der Waals surface area contributed by atoms with Gasteiger partial charge in [0.1, 0.15) is 5.82 Å². The number of rotatable bonds is 4. The first kappa shape index (κ1) is 18.1. The van der Waals surface area contributed by atoms with Crippen LogP contribution < -0.4 is 4.90 Å². The van der Waals surface area contributed by atoms with Crippen LogP contribution in [0.5, 0.6) is 0 Å². The van der Waals surface area contributed by atoms with Crippen molar-refractivity contribution in [2.45, 2.75) is 57.8 Å². The van der Waals surface area contributed by atoms with E-state index in [9.17, 15) is 13.6 Å². The molecule has 0 amide bonds. The summed E-state index contributed by atoms with van der Waals surface area (Å²) in [6.45, 7) is 2.57. The van der Waals surface area contributed by atoms with Gasteiger partial charge in [-0.1, -0.05) is 0 Å². The van der Waals surface area contributed by atoms with Gasteiger partial charge in [-0.25, -0.2) is 13.8 Å². The van der Waals surface area contributed by atoms with Gasteiger partial charge in [0.05, 0.1) is 0 Å². The number of pyridine rings is 1. The fourth-order valence-electron chi connectivity index (χ4n) is 4.32. The van der Waals surface area contributed by atoms with E-state index < -0.39 is 11.9 Å². The van der Waals surface area contributed by atoms with Crippen LogP contribution in [-0.4, -0.2) is 29.1 Å². The molecule has 1 aromatic rings. The van der Waals surface area contributed by atoms with E-state index in [0.717, 1.165) is 58.5 Å². The van der Waals surface area contributed by atoms with Gasteiger partial charge in [0.15, 0.2) is 0 Å². The van der Waals surface area contributed by atoms with E-state index in [0.29, 0.717) is 17.2 Å². The van der Waals surface area contributed by atoms with E-state index in [1.54, 1.807) is 0 Å². The lowest BCUT2D eigenvalue weighted by Crippen LogP contribution is -2.42. The lowest BCUT2D eigenvalue weighted by Gasteiger charge is -2.46. The molecule has 0 atom stereocenters. The number of carboxylic acid groups (broad SMARTS) is 1. The summed E-state index contributed by atoms with van der Waals surface area (Å²) < 4.78 is 27.1. The Labute approximate surface area is 147 Å². The molecule has 0 aromatic carbocycles. The van der Waals surface area contributed by atoms with Crippen LogP contribution in [0.4, 0.5) is 14.6 Å². The van der Waals surface area contributed by atoms with Crippen molar-refractivity contribution >= 4 is 11.8 Å². The Bertz CT molecular complexity index is 612. The van der Waals surface area contributed by atoms with Crippen LogP contribution in [0.3, 0.4) is 0 Å². The molecule has 25 heavy (non-hydrogen) atoms. The zero-order valence-electron chi connectivity index (χ0n) is 14.7. The molecule has 138 valence electrons. The highest BCUT2D eigenvalue weighted by atomic mass is 19.3. The zero-order chi connectivity index (χ0) is 18.1. The molecule has 3 rings (SSSR count). The number of carbonyl (C=O) groups is 1. The highest BCUT2D eigenvalue weighted by Gasteiger charge is 2.38. The predicted octanol–water partition coefficient (Wildman–Crippen LogP) is 4.44. The van der Waals surface area contributed by atoms with E-state index in [2.05, 4.69) is 9.88 Å². The van der Waals surface area contributed by atoms with Crippen molar-refractivity contribution in [2.24, 2.45) is 11.3 Å². The smallest absolute Gasteiger partial charge is 0.303 e. The molecule has 1 aromatic heterocycles. The Hall–Kier alpha value is -1.72. The van der Waals surface area contributed by atoms with E-state index in [-0.39, 0.29) is 12.0 Å². The molecule has 1 aliphatic heterocycles. The van der Waals surface area contributed by atoms with Gasteiger partial charge in [0.25, 0.3) is 5.92 Å². The maximum atomic E-state index is 13.5. The molecular formula is C19H26F2N2O2. The third-order valence-electron chi connectivity index (χ3n) is 6.03. The maximum absolute atomic E-state index is 13.5. The molecule has 6 heteroatoms. The molecule has 2 aliphatic rings. The number of hydrogen-bond acceptors (Lipinski definition) is 3. The van der Waals surface area contributed by atoms with Crippen molar-refractivity contribution < 1.29 is 18.7 Å². The molecule has 1 spiro atoms. The number of nitrogens with zero attached hydrogens (tertiary/aromatic N) is 2. The van der Waals surface area contributed by atoms with E-state index in [1.807, 2.05) is 0 Å². The lowest BCUT2D eigenvalue weighted by atomic mass is 9.65. The number of aromatic nitrogens is 1. The number of anilines is 1. The average Bonchev–Trinajstić information content (AvgIpc) is 2.57. The van der Waals surface area contributed by atoms with Crippen molar-refractivity contribution in [1.82, 2.24) is 4.98 Å². The van der Waals surface area contributed by atoms with Gasteiger partial charge >= 0.3 is 5.97 Å². The summed E-state index contributed by atoms with van der Waals surface area (Å²) in [6.07, 6.45) is 7.94. The van der Waals surface area contributed by atoms with Gasteiger partial charge in [0, 0.05) is 38.2 Å². The van der Waals surface area contributed by atoms with E-state index in [4.69, 9.17) is 5.11 Å². The Morgan fingerprint density at radius 2 is 1.96 bits per heavy atom. The van der Waals surface area contributed by atoms with Crippen molar-refractivity contribution in [3.8, 4) is 0 Å². The topological polar surface area (TPSA) is 53.4 Å². The molecule has 0 unspecified atom stereocenters. The summed E-state index contributed by atoms with van der Waals surface area (Å²) in [5.74, 6) is -2.61. The third-order valence-corrected chi connectivity index (χ3v) is 6.03. The second-order valence-electron chi connectivity index (χ2n) is 7.82. The summed E-state index contributed by atoms with van der Waals surface area (Å²) in [5.41, 5.74) is 0.310. The Morgan fingerprint density at radius 3 is 2.52 bits per heavy atom. The number of aliphatic carboxylic acids is 1. The SMILES string of the molecule is CC(F)(F)c1ccnc(N2CCC3(CCC(CC(=O)O)CC3)CC2)c1. The minimum atomic E-state index is -2.85. The molecule has 1 aliphatic carbocycles. The van der Waals surface area contributed by atoms with Crippen LogP contribution in [0.25, 0.3) is 0 Å². The summed E-state index contributed by atoms with van der Waals surface area (Å²) in [4.78, 5) is 17.2. The van der Waals surface area contributed by atoms with Crippen molar-refractivity contribution in [3.63, 3.8) is 0 Å². The van der Waals surface area contributed by atoms with Crippen LogP contribution in [0.1, 0.15) is 57.4 Å². The summed E-state index contributed by atoms with van der Waals surface area (Å²) in [6, 6.07) is 2.88. The number of halogens is 2. The third kappa shape index (κ3) is 4.28. The van der Waals surface area contributed by atoms with Crippen molar-refractivity contribution in [1.29, 1.82) is 0 Å². The first-order valence-electron chi connectivity index (χ1n) is 9.09. The summed E-state index contributed by atoms with van der Waals surface area (Å²) in [5, 5.41) is 8.94. The van der Waals surface area contributed by atoms with E-state index in [1.165, 1.54) is 18.3 Å².